The van der Waals surface area contributed by atoms with Crippen LogP contribution in [0.25, 0.3) is 49.1 Å². The predicted molar refractivity (Wildman–Crippen MR) is 288 cm³/mol. The predicted octanol–water partition coefficient (Wildman–Crippen LogP) is 20.7. The Hall–Kier alpha value is -2.07. The minimum Gasteiger partial charge on any atom is -0.461 e. The SMILES string of the molecule is CCCCCCc1csc(-c2sc(-c3sc(-c4cc(CCCCCC)c(-c5cc(CCCCCC)cs5)s4)c4sc(C(=O)OCC(CC)CCCC)cc34)cc2CCCCCC)c1. The Morgan fingerprint density at radius 3 is 1.48 bits per heavy atom. The number of carbonyl (C=O) groups excluding carboxylic acids is 1. The zero-order valence-corrected chi connectivity index (χ0v) is 44.5. The van der Waals surface area contributed by atoms with Gasteiger partial charge in [0.2, 0.25) is 0 Å². The first-order valence-electron chi connectivity index (χ1n) is 25.1. The number of unbranched alkanes of at least 4 members (excludes halogenated alkanes) is 13. The Morgan fingerprint density at radius 2 is 0.984 bits per heavy atom. The van der Waals surface area contributed by atoms with Gasteiger partial charge in [-0.25, -0.2) is 4.79 Å². The molecule has 63 heavy (non-hydrogen) atoms. The van der Waals surface area contributed by atoms with Crippen LogP contribution in [0.5, 0.6) is 0 Å². The average molecular weight is 962 g/mol. The van der Waals surface area contributed by atoms with Gasteiger partial charge in [-0.3, -0.25) is 0 Å². The molecule has 8 heteroatoms. The van der Waals surface area contributed by atoms with Crippen LogP contribution in [0.4, 0.5) is 0 Å². The van der Waals surface area contributed by atoms with Crippen molar-refractivity contribution in [2.45, 2.75) is 196 Å². The van der Waals surface area contributed by atoms with Crippen LogP contribution in [0.2, 0.25) is 0 Å². The molecule has 0 aliphatic rings. The first kappa shape index (κ1) is 50.3. The molecule has 6 aromatic rings. The van der Waals surface area contributed by atoms with Crippen molar-refractivity contribution in [3.05, 3.63) is 68.2 Å². The maximum atomic E-state index is 14.0. The summed E-state index contributed by atoms with van der Waals surface area (Å²) in [5.74, 6) is 0.263. The molecule has 0 fully saturated rings. The van der Waals surface area contributed by atoms with E-state index in [1.54, 1.807) is 11.3 Å². The highest BCUT2D eigenvalue weighted by Crippen LogP contribution is 2.54. The average Bonchev–Trinajstić information content (AvgIpc) is 4.16. The van der Waals surface area contributed by atoms with E-state index in [0.29, 0.717) is 12.5 Å². The minimum atomic E-state index is -0.157. The lowest BCUT2D eigenvalue weighted by atomic mass is 10.0. The number of hydrogen-bond acceptors (Lipinski definition) is 8. The van der Waals surface area contributed by atoms with Gasteiger partial charge in [-0.2, -0.15) is 0 Å². The summed E-state index contributed by atoms with van der Waals surface area (Å²) in [7, 11) is 0. The molecule has 6 heterocycles. The second-order valence-electron chi connectivity index (χ2n) is 17.9. The molecule has 6 aromatic heterocycles. The quantitative estimate of drug-likeness (QED) is 0.0321. The van der Waals surface area contributed by atoms with Crippen LogP contribution in [-0.4, -0.2) is 12.6 Å². The van der Waals surface area contributed by atoms with Crippen molar-refractivity contribution in [3.8, 4) is 39.0 Å². The largest absolute Gasteiger partial charge is 0.461 e. The third-order valence-electron chi connectivity index (χ3n) is 12.6. The Kier molecular flexibility index (Phi) is 21.5. The van der Waals surface area contributed by atoms with Crippen LogP contribution < -0.4 is 0 Å². The summed E-state index contributed by atoms with van der Waals surface area (Å²) >= 11 is 11.5. The Labute approximate surface area is 406 Å². The standard InChI is InChI=1S/C55H76O2S6/c1-7-13-18-22-27-40-31-45(58-37-40)50-42(29-24-20-15-9-3)33-47(60-50)52-44-35-49(55(56)57-36-39(12-6)26-17-11-5)62-53(44)54(63-52)48-34-43(30-25-21-16-10-4)51(61-48)46-32-41(38-59-46)28-23-19-14-8-2/h31-35,37-39H,7-30,36H2,1-6H3. The molecule has 0 amide bonds. The fraction of sp³-hybridized carbons (Fsp3) is 0.582. The second kappa shape index (κ2) is 26.9. The highest BCUT2D eigenvalue weighted by molar-refractivity contribution is 7.34. The van der Waals surface area contributed by atoms with Crippen molar-refractivity contribution in [2.24, 2.45) is 5.92 Å². The number of rotatable bonds is 31. The summed E-state index contributed by atoms with van der Waals surface area (Å²) in [6, 6.07) is 12.2. The molecule has 0 spiro atoms. The van der Waals surface area contributed by atoms with E-state index in [1.807, 2.05) is 56.7 Å². The molecule has 0 N–H and O–H groups in total. The van der Waals surface area contributed by atoms with Crippen molar-refractivity contribution in [3.63, 3.8) is 0 Å². The number of fused-ring (bicyclic) bond motifs is 1. The van der Waals surface area contributed by atoms with Gasteiger partial charge in [0, 0.05) is 34.6 Å². The number of ether oxygens (including phenoxy) is 1. The highest BCUT2D eigenvalue weighted by atomic mass is 32.1. The minimum absolute atomic E-state index is 0.157. The van der Waals surface area contributed by atoms with E-state index in [4.69, 9.17) is 4.74 Å². The number of hydrogen-bond donors (Lipinski definition) is 0. The van der Waals surface area contributed by atoms with Crippen LogP contribution in [0, 0.1) is 5.92 Å². The molecular formula is C55H76O2S6. The molecule has 1 atom stereocenters. The smallest absolute Gasteiger partial charge is 0.348 e. The lowest BCUT2D eigenvalue weighted by Gasteiger charge is -2.14. The maximum absolute atomic E-state index is 14.0. The molecule has 1 unspecified atom stereocenters. The Balaban J connectivity index is 1.41. The first-order chi connectivity index (χ1) is 30.9. The van der Waals surface area contributed by atoms with Gasteiger partial charge in [0.05, 0.1) is 21.1 Å². The summed E-state index contributed by atoms with van der Waals surface area (Å²) in [5.41, 5.74) is 5.98. The molecule has 2 nitrogen and oxygen atoms in total. The normalized spacial score (nSPS) is 12.3. The van der Waals surface area contributed by atoms with Crippen molar-refractivity contribution >= 4 is 84.1 Å². The summed E-state index contributed by atoms with van der Waals surface area (Å²) in [6.07, 6.45) is 29.6. The van der Waals surface area contributed by atoms with Crippen molar-refractivity contribution < 1.29 is 9.53 Å². The van der Waals surface area contributed by atoms with E-state index in [2.05, 4.69) is 82.6 Å². The van der Waals surface area contributed by atoms with Crippen LogP contribution in [-0.2, 0) is 30.4 Å². The zero-order chi connectivity index (χ0) is 44.4. The van der Waals surface area contributed by atoms with Gasteiger partial charge in [0.15, 0.2) is 0 Å². The van der Waals surface area contributed by atoms with E-state index >= 15 is 0 Å². The zero-order valence-electron chi connectivity index (χ0n) is 39.6. The van der Waals surface area contributed by atoms with Crippen LogP contribution in [0.15, 0.2) is 41.1 Å². The molecule has 0 aliphatic heterocycles. The molecule has 0 saturated heterocycles. The van der Waals surface area contributed by atoms with Gasteiger partial charge in [-0.15, -0.1) is 68.0 Å². The van der Waals surface area contributed by atoms with E-state index < -0.39 is 0 Å². The van der Waals surface area contributed by atoms with E-state index in [9.17, 15) is 4.79 Å². The molecule has 0 saturated carbocycles. The summed E-state index contributed by atoms with van der Waals surface area (Å²) in [4.78, 5) is 25.8. The third kappa shape index (κ3) is 14.2. The molecule has 0 aromatic carbocycles. The molecule has 6 rings (SSSR count). The van der Waals surface area contributed by atoms with Gasteiger partial charge in [0.1, 0.15) is 4.88 Å². The molecule has 344 valence electrons. The molecule has 0 bridgehead atoms. The highest BCUT2D eigenvalue weighted by Gasteiger charge is 2.26. The summed E-state index contributed by atoms with van der Waals surface area (Å²) in [6.45, 7) is 14.2. The molecular weight excluding hydrogens is 885 g/mol. The fourth-order valence-electron chi connectivity index (χ4n) is 8.66. The summed E-state index contributed by atoms with van der Waals surface area (Å²) in [5, 5.41) is 6.06. The third-order valence-corrected chi connectivity index (χ3v) is 20.1. The lowest BCUT2D eigenvalue weighted by Crippen LogP contribution is -2.13. The van der Waals surface area contributed by atoms with Crippen molar-refractivity contribution in [2.75, 3.05) is 6.61 Å². The monoisotopic (exact) mass is 960 g/mol. The number of thiophene rings is 6. The van der Waals surface area contributed by atoms with Gasteiger partial charge < -0.3 is 4.74 Å². The van der Waals surface area contributed by atoms with Gasteiger partial charge >= 0.3 is 5.97 Å². The first-order valence-corrected chi connectivity index (χ1v) is 30.1. The van der Waals surface area contributed by atoms with E-state index in [1.165, 1.54) is 200 Å². The maximum Gasteiger partial charge on any atom is 0.348 e. The Bertz CT molecular complexity index is 2100. The Morgan fingerprint density at radius 1 is 0.492 bits per heavy atom. The van der Waals surface area contributed by atoms with Crippen molar-refractivity contribution in [1.29, 1.82) is 0 Å². The lowest BCUT2D eigenvalue weighted by molar-refractivity contribution is 0.0434. The summed E-state index contributed by atoms with van der Waals surface area (Å²) < 4.78 is 7.38. The van der Waals surface area contributed by atoms with Gasteiger partial charge in [0.25, 0.3) is 0 Å². The van der Waals surface area contributed by atoms with Crippen LogP contribution in [0.1, 0.15) is 202 Å². The number of aryl methyl sites for hydroxylation is 4. The van der Waals surface area contributed by atoms with E-state index in [0.717, 1.165) is 30.6 Å². The molecule has 0 radical (unpaired) electrons. The van der Waals surface area contributed by atoms with Gasteiger partial charge in [-0.1, -0.05) is 138 Å². The fourth-order valence-corrected chi connectivity index (χ4v) is 16.1. The number of carbonyl (C=O) groups is 1. The van der Waals surface area contributed by atoms with Crippen molar-refractivity contribution in [1.82, 2.24) is 0 Å². The number of esters is 1. The van der Waals surface area contributed by atoms with E-state index in [-0.39, 0.29) is 5.97 Å². The topological polar surface area (TPSA) is 26.3 Å². The molecule has 0 aliphatic carbocycles. The van der Waals surface area contributed by atoms with Crippen LogP contribution >= 0.6 is 68.0 Å². The van der Waals surface area contributed by atoms with Crippen LogP contribution in [0.3, 0.4) is 0 Å². The second-order valence-corrected chi connectivity index (χ2v) is 23.9. The van der Waals surface area contributed by atoms with Gasteiger partial charge in [-0.05, 0) is 127 Å².